The van der Waals surface area contributed by atoms with Gasteiger partial charge in [-0.1, -0.05) is 36.4 Å². The second-order valence-electron chi connectivity index (χ2n) is 4.29. The van der Waals surface area contributed by atoms with E-state index in [9.17, 15) is 13.9 Å². The van der Waals surface area contributed by atoms with Gasteiger partial charge in [0, 0.05) is 11.6 Å². The first kappa shape index (κ1) is 19.9. The summed E-state index contributed by atoms with van der Waals surface area (Å²) in [4.78, 5) is 4.00. The minimum absolute atomic E-state index is 0.00403. The molecule has 0 radical (unpaired) electrons. The Labute approximate surface area is 150 Å². The second-order valence-corrected chi connectivity index (χ2v) is 6.87. The Kier molecular flexibility index (Phi) is 9.11. The van der Waals surface area contributed by atoms with Crippen LogP contribution in [0.2, 0.25) is 0 Å². The van der Waals surface area contributed by atoms with Crippen molar-refractivity contribution >= 4 is 30.0 Å². The van der Waals surface area contributed by atoms with Crippen molar-refractivity contribution in [3.63, 3.8) is 0 Å². The first-order chi connectivity index (χ1) is 11.0. The summed E-state index contributed by atoms with van der Waals surface area (Å²) < 4.78 is 27.3. The van der Waals surface area contributed by atoms with Gasteiger partial charge in [-0.15, -0.1) is 0 Å². The number of nitrogens with zero attached hydrogens (tertiary/aromatic N) is 1. The number of para-hydroxylation sites is 1. The number of aliphatic hydroxyl groups excluding tert-OH is 1. The molecule has 0 heterocycles. The van der Waals surface area contributed by atoms with E-state index in [-0.39, 0.29) is 17.2 Å². The van der Waals surface area contributed by atoms with Gasteiger partial charge in [0.05, 0.1) is 11.5 Å². The first-order valence-corrected chi connectivity index (χ1v) is 10.7. The van der Waals surface area contributed by atoms with E-state index in [1.54, 1.807) is 24.3 Å². The molecule has 0 aliphatic rings. The van der Waals surface area contributed by atoms with Gasteiger partial charge in [0.25, 0.3) is 0 Å². The third kappa shape index (κ3) is 6.84. The summed E-state index contributed by atoms with van der Waals surface area (Å²) in [5.41, 5.74) is 0.571. The molecule has 0 aliphatic heterocycles. The molecule has 2 nitrogen and oxygen atoms in total. The molecule has 0 saturated heterocycles. The van der Waals surface area contributed by atoms with Crippen LogP contribution in [-0.2, 0) is 17.0 Å². The molecular weight excluding hydrogens is 379 g/mol. The first-order valence-electron chi connectivity index (χ1n) is 6.41. The van der Waals surface area contributed by atoms with Gasteiger partial charge < -0.3 is 5.11 Å². The summed E-state index contributed by atoms with van der Waals surface area (Å²) in [6, 6.07) is 12.4. The molecule has 23 heavy (non-hydrogen) atoms. The summed E-state index contributed by atoms with van der Waals surface area (Å²) in [7, 11) is 9.78. The second kappa shape index (κ2) is 10.6. The Bertz CT molecular complexity index is 669. The van der Waals surface area contributed by atoms with Crippen LogP contribution in [0.25, 0.3) is 0 Å². The summed E-state index contributed by atoms with van der Waals surface area (Å²) in [5.74, 6) is -1.49. The number of rotatable bonds is 3. The van der Waals surface area contributed by atoms with E-state index >= 15 is 0 Å². The molecule has 0 spiro atoms. The van der Waals surface area contributed by atoms with Crippen LogP contribution in [-0.4, -0.2) is 10.8 Å². The Morgan fingerprint density at radius 1 is 1.04 bits per heavy atom. The number of benzene rings is 2. The van der Waals surface area contributed by atoms with Crippen LogP contribution in [0, 0.1) is 11.6 Å². The number of aliphatic hydroxyl groups is 1. The number of halogens is 4. The molecule has 0 atom stereocenters. The molecule has 0 saturated carbocycles. The average molecular weight is 392 g/mol. The molecule has 2 rings (SSSR count). The summed E-state index contributed by atoms with van der Waals surface area (Å²) in [6.07, 6.45) is 1.36. The van der Waals surface area contributed by atoms with Gasteiger partial charge in [0.1, 0.15) is 5.69 Å². The van der Waals surface area contributed by atoms with Gasteiger partial charge in [-0.2, -0.15) is 0 Å². The van der Waals surface area contributed by atoms with Crippen molar-refractivity contribution in [3.8, 4) is 0 Å². The van der Waals surface area contributed by atoms with E-state index in [1.165, 1.54) is 19.1 Å². The summed E-state index contributed by atoms with van der Waals surface area (Å²) in [6.45, 7) is 1.47. The maximum absolute atomic E-state index is 13.6. The van der Waals surface area contributed by atoms with Gasteiger partial charge >= 0.3 is 35.6 Å². The van der Waals surface area contributed by atoms with Gasteiger partial charge in [0.15, 0.2) is 11.6 Å². The standard InChI is InChI=1S/C16H13F2NO.2ClH.Ti/c1-11(20)10-15(12-6-3-2-4-7-12)19-16-13(17)8-5-9-14(16)18;;;/h2-10,20H,1H3;2*1H;/q;;;+2/p-2/b11-10-,19-15?;;;. The van der Waals surface area contributed by atoms with Crippen molar-refractivity contribution in [1.82, 2.24) is 0 Å². The Hall–Kier alpha value is -1.20. The maximum atomic E-state index is 13.6. The molecule has 1 N–H and O–H groups in total. The van der Waals surface area contributed by atoms with Crippen LogP contribution in [0.15, 0.2) is 65.4 Å². The van der Waals surface area contributed by atoms with E-state index < -0.39 is 28.7 Å². The zero-order valence-electron chi connectivity index (χ0n) is 12.1. The number of aliphatic imine (C=N–C) groups is 1. The van der Waals surface area contributed by atoms with Gasteiger partial charge in [0.2, 0.25) is 0 Å². The predicted molar refractivity (Wildman–Crippen MR) is 87.1 cm³/mol. The van der Waals surface area contributed by atoms with E-state index in [2.05, 4.69) is 4.99 Å². The van der Waals surface area contributed by atoms with E-state index in [0.29, 0.717) is 5.56 Å². The average Bonchev–Trinajstić information content (AvgIpc) is 2.51. The Morgan fingerprint density at radius 3 is 2.04 bits per heavy atom. The quantitative estimate of drug-likeness (QED) is 0.393. The Balaban J connectivity index is 0.000000816. The van der Waals surface area contributed by atoms with Gasteiger partial charge in [-0.05, 0) is 19.1 Å². The summed E-state index contributed by atoms with van der Waals surface area (Å²) >= 11 is -0.556. The molecule has 0 fully saturated rings. The molecule has 2 aromatic carbocycles. The van der Waals surface area contributed by atoms with Crippen LogP contribution < -0.4 is 0 Å². The van der Waals surface area contributed by atoms with Crippen LogP contribution in [0.5, 0.6) is 0 Å². The third-order valence-electron chi connectivity index (χ3n) is 2.58. The SMILES string of the molecule is C/C(O)=C/C(=Nc1c(F)cccc1F)c1ccccc1.[Cl][Ti][Cl]. The fourth-order valence-corrected chi connectivity index (χ4v) is 1.70. The molecule has 0 amide bonds. The normalized spacial score (nSPS) is 11.5. The Morgan fingerprint density at radius 2 is 1.57 bits per heavy atom. The molecular formula is C16H13Cl2F2NOTi. The van der Waals surface area contributed by atoms with Crippen molar-refractivity contribution in [1.29, 1.82) is 0 Å². The monoisotopic (exact) mass is 391 g/mol. The molecule has 120 valence electrons. The predicted octanol–water partition coefficient (Wildman–Crippen LogP) is 5.92. The number of allylic oxidation sites excluding steroid dienone is 2. The van der Waals surface area contributed by atoms with Crippen molar-refractivity contribution in [2.24, 2.45) is 4.99 Å². The summed E-state index contributed by atoms with van der Waals surface area (Å²) in [5, 5.41) is 9.39. The fourth-order valence-electron chi connectivity index (χ4n) is 1.70. The zero-order valence-corrected chi connectivity index (χ0v) is 15.2. The third-order valence-corrected chi connectivity index (χ3v) is 2.58. The van der Waals surface area contributed by atoms with Crippen LogP contribution >= 0.6 is 18.6 Å². The molecule has 0 aliphatic carbocycles. The van der Waals surface area contributed by atoms with Gasteiger partial charge in [-0.3, -0.25) is 0 Å². The molecule has 0 aromatic heterocycles. The molecule has 0 unspecified atom stereocenters. The number of hydrogen-bond acceptors (Lipinski definition) is 2. The van der Waals surface area contributed by atoms with E-state index in [1.807, 2.05) is 6.07 Å². The molecule has 7 heteroatoms. The van der Waals surface area contributed by atoms with Crippen molar-refractivity contribution in [2.75, 3.05) is 0 Å². The van der Waals surface area contributed by atoms with Gasteiger partial charge in [-0.25, -0.2) is 13.8 Å². The molecule has 0 bridgehead atoms. The van der Waals surface area contributed by atoms with Crippen molar-refractivity contribution in [3.05, 3.63) is 77.6 Å². The van der Waals surface area contributed by atoms with Crippen molar-refractivity contribution < 1.29 is 30.9 Å². The van der Waals surface area contributed by atoms with E-state index in [0.717, 1.165) is 12.1 Å². The topological polar surface area (TPSA) is 32.6 Å². The van der Waals surface area contributed by atoms with Crippen molar-refractivity contribution in [2.45, 2.75) is 6.92 Å². The van der Waals surface area contributed by atoms with E-state index in [4.69, 9.17) is 18.6 Å². The fraction of sp³-hybridized carbons (Fsp3) is 0.0625. The van der Waals surface area contributed by atoms with Crippen LogP contribution in [0.1, 0.15) is 12.5 Å². The zero-order chi connectivity index (χ0) is 17.2. The molecule has 2 aromatic rings. The van der Waals surface area contributed by atoms with Crippen LogP contribution in [0.4, 0.5) is 14.5 Å². The minimum atomic E-state index is -0.748. The van der Waals surface area contributed by atoms with Crippen LogP contribution in [0.3, 0.4) is 0 Å². The number of hydrogen-bond donors (Lipinski definition) is 1.